The monoisotopic (exact) mass is 426 g/mol. The van der Waals surface area contributed by atoms with Crippen LogP contribution in [0.2, 0.25) is 0 Å². The van der Waals surface area contributed by atoms with Gasteiger partial charge in [0.05, 0.1) is 20.4 Å². The first-order chi connectivity index (χ1) is 13.8. The van der Waals surface area contributed by atoms with E-state index in [-0.39, 0.29) is 11.8 Å². The summed E-state index contributed by atoms with van der Waals surface area (Å²) in [4.78, 5) is 30.6. The number of carbonyl (C=O) groups is 2. The lowest BCUT2D eigenvalue weighted by molar-refractivity contribution is -0.116. The second kappa shape index (κ2) is 9.11. The van der Waals surface area contributed by atoms with Crippen LogP contribution < -0.4 is 10.6 Å². The van der Waals surface area contributed by atoms with E-state index in [9.17, 15) is 9.59 Å². The minimum atomic E-state index is -0.0826. The van der Waals surface area contributed by atoms with Crippen molar-refractivity contribution >= 4 is 65.2 Å². The predicted octanol–water partition coefficient (Wildman–Crippen LogP) is 5.52. The summed E-state index contributed by atoms with van der Waals surface area (Å²) in [5.41, 5.74) is 4.29. The largest absolute Gasteiger partial charge is 0.302 e. The molecule has 0 spiro atoms. The molecular weight excluding hydrogens is 404 g/mol. The van der Waals surface area contributed by atoms with Crippen molar-refractivity contribution in [2.75, 3.05) is 10.6 Å². The molecule has 150 valence electrons. The van der Waals surface area contributed by atoms with E-state index in [2.05, 4.69) is 32.7 Å². The van der Waals surface area contributed by atoms with Crippen LogP contribution in [0.5, 0.6) is 0 Å². The highest BCUT2D eigenvalue weighted by atomic mass is 32.1. The Labute approximate surface area is 177 Å². The molecular formula is C21H22N4O2S2. The van der Waals surface area contributed by atoms with Gasteiger partial charge in [-0.05, 0) is 49.2 Å². The molecule has 2 heterocycles. The fraction of sp³-hybridized carbons (Fsp3) is 0.238. The summed E-state index contributed by atoms with van der Waals surface area (Å²) in [6.45, 7) is 7.39. The molecule has 0 aliphatic rings. The molecule has 4 rings (SSSR count). The first kappa shape index (κ1) is 20.9. The number of nitrogens with zero attached hydrogens (tertiary/aromatic N) is 2. The molecule has 0 radical (unpaired) electrons. The summed E-state index contributed by atoms with van der Waals surface area (Å²) in [6.07, 6.45) is 0.481. The SMILES string of the molecule is CC(=O)Nc1nc2ccc(C)cc2s1.CCC(=O)Nc1nc2ccc(C)cc2s1. The molecule has 0 saturated heterocycles. The average molecular weight is 427 g/mol. The maximum Gasteiger partial charge on any atom is 0.225 e. The zero-order valence-corrected chi connectivity index (χ0v) is 18.3. The van der Waals surface area contributed by atoms with Gasteiger partial charge in [-0.3, -0.25) is 9.59 Å². The highest BCUT2D eigenvalue weighted by Gasteiger charge is 2.06. The molecule has 2 aromatic carbocycles. The smallest absolute Gasteiger partial charge is 0.225 e. The van der Waals surface area contributed by atoms with Gasteiger partial charge in [0, 0.05) is 13.3 Å². The van der Waals surface area contributed by atoms with E-state index in [1.807, 2.05) is 45.0 Å². The summed E-state index contributed by atoms with van der Waals surface area (Å²) in [5.74, 6) is -0.0773. The molecule has 0 aliphatic carbocycles. The van der Waals surface area contributed by atoms with Crippen LogP contribution in [-0.4, -0.2) is 21.8 Å². The number of nitrogens with one attached hydrogen (secondary N) is 2. The van der Waals surface area contributed by atoms with Gasteiger partial charge in [-0.15, -0.1) is 0 Å². The third kappa shape index (κ3) is 5.58. The second-order valence-corrected chi connectivity index (χ2v) is 8.62. The highest BCUT2D eigenvalue weighted by molar-refractivity contribution is 7.22. The zero-order valence-electron chi connectivity index (χ0n) is 16.7. The van der Waals surface area contributed by atoms with Crippen LogP contribution >= 0.6 is 22.7 Å². The molecule has 0 aliphatic heterocycles. The molecule has 2 N–H and O–H groups in total. The van der Waals surface area contributed by atoms with Gasteiger partial charge in [-0.25, -0.2) is 9.97 Å². The van der Waals surface area contributed by atoms with Crippen molar-refractivity contribution in [2.24, 2.45) is 0 Å². The van der Waals surface area contributed by atoms with Crippen LogP contribution in [0.25, 0.3) is 20.4 Å². The number of carbonyl (C=O) groups excluding carboxylic acids is 2. The molecule has 0 fully saturated rings. The van der Waals surface area contributed by atoms with Crippen molar-refractivity contribution in [3.8, 4) is 0 Å². The normalized spacial score (nSPS) is 10.5. The van der Waals surface area contributed by atoms with Gasteiger partial charge in [0.2, 0.25) is 11.8 Å². The maximum atomic E-state index is 11.2. The third-order valence-corrected chi connectivity index (χ3v) is 5.81. The summed E-state index contributed by atoms with van der Waals surface area (Å²) < 4.78 is 2.22. The number of hydrogen-bond donors (Lipinski definition) is 2. The first-order valence-electron chi connectivity index (χ1n) is 9.16. The number of fused-ring (bicyclic) bond motifs is 2. The molecule has 8 heteroatoms. The van der Waals surface area contributed by atoms with Crippen molar-refractivity contribution in [1.29, 1.82) is 0 Å². The van der Waals surface area contributed by atoms with Crippen LogP contribution in [0, 0.1) is 13.8 Å². The lowest BCUT2D eigenvalue weighted by Gasteiger charge is -1.95. The van der Waals surface area contributed by atoms with E-state index >= 15 is 0 Å². The molecule has 0 bridgehead atoms. The number of aromatic nitrogens is 2. The van der Waals surface area contributed by atoms with E-state index in [1.54, 1.807) is 0 Å². The second-order valence-electron chi connectivity index (χ2n) is 6.56. The minimum Gasteiger partial charge on any atom is -0.302 e. The number of thiazole rings is 2. The van der Waals surface area contributed by atoms with E-state index in [0.29, 0.717) is 16.7 Å². The standard InChI is InChI=1S/C11H12N2OS.C10H10N2OS/c1-3-10(14)13-11-12-8-5-4-7(2)6-9(8)15-11;1-6-3-4-8-9(5-6)14-10(12-8)11-7(2)13/h4-6H,3H2,1-2H3,(H,12,13,14);3-5H,1-2H3,(H,11,12,13). The molecule has 29 heavy (non-hydrogen) atoms. The predicted molar refractivity (Wildman–Crippen MR) is 122 cm³/mol. The lowest BCUT2D eigenvalue weighted by atomic mass is 10.2. The van der Waals surface area contributed by atoms with Crippen molar-refractivity contribution in [1.82, 2.24) is 9.97 Å². The molecule has 0 atom stereocenters. The molecule has 2 amide bonds. The Balaban J connectivity index is 0.000000166. The lowest BCUT2D eigenvalue weighted by Crippen LogP contribution is -2.08. The first-order valence-corrected chi connectivity index (χ1v) is 10.8. The van der Waals surface area contributed by atoms with Crippen LogP contribution in [-0.2, 0) is 9.59 Å². The number of anilines is 2. The van der Waals surface area contributed by atoms with Crippen molar-refractivity contribution in [3.63, 3.8) is 0 Å². The van der Waals surface area contributed by atoms with Gasteiger partial charge < -0.3 is 10.6 Å². The topological polar surface area (TPSA) is 84.0 Å². The zero-order chi connectivity index (χ0) is 21.0. The maximum absolute atomic E-state index is 11.2. The Hall–Kier alpha value is -2.84. The Morgan fingerprint density at radius 1 is 0.862 bits per heavy atom. The van der Waals surface area contributed by atoms with Gasteiger partial charge in [-0.1, -0.05) is 41.7 Å². The van der Waals surface area contributed by atoms with Crippen molar-refractivity contribution < 1.29 is 9.59 Å². The van der Waals surface area contributed by atoms with Crippen LogP contribution in [0.4, 0.5) is 10.3 Å². The van der Waals surface area contributed by atoms with E-state index in [1.165, 1.54) is 40.7 Å². The van der Waals surface area contributed by atoms with E-state index in [4.69, 9.17) is 0 Å². The van der Waals surface area contributed by atoms with Gasteiger partial charge in [0.25, 0.3) is 0 Å². The quantitative estimate of drug-likeness (QED) is 0.452. The number of hydrogen-bond acceptors (Lipinski definition) is 6. The summed E-state index contributed by atoms with van der Waals surface area (Å²) in [7, 11) is 0. The van der Waals surface area contributed by atoms with Crippen molar-refractivity contribution in [2.45, 2.75) is 34.1 Å². The van der Waals surface area contributed by atoms with Crippen molar-refractivity contribution in [3.05, 3.63) is 47.5 Å². The molecule has 6 nitrogen and oxygen atoms in total. The Kier molecular flexibility index (Phi) is 6.56. The fourth-order valence-corrected chi connectivity index (χ4v) is 4.52. The molecule has 2 aromatic heterocycles. The Bertz CT molecular complexity index is 1180. The molecule has 4 aromatic rings. The third-order valence-electron chi connectivity index (χ3n) is 3.94. The van der Waals surface area contributed by atoms with Gasteiger partial charge in [-0.2, -0.15) is 0 Å². The number of benzene rings is 2. The van der Waals surface area contributed by atoms with Crippen LogP contribution in [0.1, 0.15) is 31.4 Å². The average Bonchev–Trinajstić information content (AvgIpc) is 3.23. The van der Waals surface area contributed by atoms with Gasteiger partial charge in [0.15, 0.2) is 10.3 Å². The highest BCUT2D eigenvalue weighted by Crippen LogP contribution is 2.27. The van der Waals surface area contributed by atoms with Crippen LogP contribution in [0.15, 0.2) is 36.4 Å². The number of rotatable bonds is 3. The summed E-state index contributed by atoms with van der Waals surface area (Å²) >= 11 is 3.01. The van der Waals surface area contributed by atoms with Gasteiger partial charge >= 0.3 is 0 Å². The van der Waals surface area contributed by atoms with Gasteiger partial charge in [0.1, 0.15) is 0 Å². The van der Waals surface area contributed by atoms with Crippen LogP contribution in [0.3, 0.4) is 0 Å². The summed E-state index contributed by atoms with van der Waals surface area (Å²) in [6, 6.07) is 12.1. The number of amides is 2. The fourth-order valence-electron chi connectivity index (χ4n) is 2.53. The molecule has 0 unspecified atom stereocenters. The molecule has 0 saturated carbocycles. The van der Waals surface area contributed by atoms with E-state index in [0.717, 1.165) is 20.4 Å². The minimum absolute atomic E-state index is 0.00535. The Morgan fingerprint density at radius 2 is 1.34 bits per heavy atom. The van der Waals surface area contributed by atoms with E-state index < -0.39 is 0 Å². The summed E-state index contributed by atoms with van der Waals surface area (Å²) in [5, 5.41) is 6.80. The number of aryl methyl sites for hydroxylation is 2. The Morgan fingerprint density at radius 3 is 1.79 bits per heavy atom.